The van der Waals surface area contributed by atoms with Gasteiger partial charge in [-0.05, 0) is 44.9 Å². The second-order valence-corrected chi connectivity index (χ2v) is 6.42. The molecule has 2 aliphatic heterocycles. The van der Waals surface area contributed by atoms with Gasteiger partial charge in [-0.2, -0.15) is 0 Å². The molecule has 0 spiro atoms. The second-order valence-electron chi connectivity index (χ2n) is 5.61. The summed E-state index contributed by atoms with van der Waals surface area (Å²) in [5, 5.41) is 4.12. The van der Waals surface area contributed by atoms with Gasteiger partial charge in [0.25, 0.3) is 0 Å². The van der Waals surface area contributed by atoms with Gasteiger partial charge in [0.05, 0.1) is 15.7 Å². The first kappa shape index (κ1) is 13.5. The molecule has 2 atom stereocenters. The van der Waals surface area contributed by atoms with Crippen LogP contribution in [0.1, 0.15) is 25.7 Å². The predicted molar refractivity (Wildman–Crippen MR) is 77.6 cm³/mol. The normalized spacial score (nSPS) is 30.6. The van der Waals surface area contributed by atoms with E-state index in [2.05, 4.69) is 17.3 Å². The quantitative estimate of drug-likeness (QED) is 0.882. The molecular weight excluding hydrogens is 286 g/mol. The van der Waals surface area contributed by atoms with Gasteiger partial charge in [-0.25, -0.2) is 4.39 Å². The van der Waals surface area contributed by atoms with Crippen LogP contribution in [-0.4, -0.2) is 30.1 Å². The molecule has 104 valence electrons. The molecule has 0 aromatic heterocycles. The van der Waals surface area contributed by atoms with Crippen molar-refractivity contribution >= 4 is 28.9 Å². The Hall–Kier alpha value is -0.510. The largest absolute Gasteiger partial charge is 0.380 e. The van der Waals surface area contributed by atoms with Gasteiger partial charge in [-0.3, -0.25) is 0 Å². The lowest BCUT2D eigenvalue weighted by Gasteiger charge is -2.37. The summed E-state index contributed by atoms with van der Waals surface area (Å²) in [6.07, 6.45) is 4.72. The van der Waals surface area contributed by atoms with Crippen LogP contribution in [-0.2, 0) is 0 Å². The Labute approximate surface area is 122 Å². The molecule has 3 rings (SSSR count). The van der Waals surface area contributed by atoms with E-state index in [0.717, 1.165) is 12.8 Å². The van der Waals surface area contributed by atoms with Crippen LogP contribution in [0.5, 0.6) is 0 Å². The maximum absolute atomic E-state index is 13.2. The molecule has 0 saturated carbocycles. The molecule has 2 bridgehead atoms. The molecule has 0 aliphatic carbocycles. The summed E-state index contributed by atoms with van der Waals surface area (Å²) in [5.74, 6) is -0.399. The average molecular weight is 303 g/mol. The maximum atomic E-state index is 13.2. The van der Waals surface area contributed by atoms with E-state index in [9.17, 15) is 4.39 Å². The van der Waals surface area contributed by atoms with Gasteiger partial charge in [-0.15, -0.1) is 0 Å². The number of rotatable bonds is 2. The Morgan fingerprint density at radius 3 is 2.21 bits per heavy atom. The van der Waals surface area contributed by atoms with Crippen molar-refractivity contribution in [3.63, 3.8) is 0 Å². The number of nitrogens with one attached hydrogen (secondary N) is 1. The number of nitrogens with zero attached hydrogens (tertiary/aromatic N) is 1. The van der Waals surface area contributed by atoms with Gasteiger partial charge >= 0.3 is 0 Å². The van der Waals surface area contributed by atoms with E-state index in [0.29, 0.717) is 33.9 Å². The van der Waals surface area contributed by atoms with Crippen LogP contribution in [0.25, 0.3) is 0 Å². The molecule has 5 heteroatoms. The fraction of sp³-hybridized carbons (Fsp3) is 0.571. The highest BCUT2D eigenvalue weighted by Gasteiger charge is 2.38. The minimum atomic E-state index is -0.399. The van der Waals surface area contributed by atoms with E-state index >= 15 is 0 Å². The summed E-state index contributed by atoms with van der Waals surface area (Å²) in [4.78, 5) is 2.48. The van der Waals surface area contributed by atoms with Crippen LogP contribution in [0.2, 0.25) is 10.0 Å². The van der Waals surface area contributed by atoms with Crippen molar-refractivity contribution in [2.24, 2.45) is 0 Å². The third kappa shape index (κ3) is 2.56. The second kappa shape index (κ2) is 5.12. The number of piperidine rings is 1. The highest BCUT2D eigenvalue weighted by atomic mass is 35.5. The molecule has 2 nitrogen and oxygen atoms in total. The van der Waals surface area contributed by atoms with Gasteiger partial charge in [0.1, 0.15) is 5.82 Å². The molecule has 2 heterocycles. The van der Waals surface area contributed by atoms with Crippen molar-refractivity contribution in [2.45, 2.75) is 43.8 Å². The lowest BCUT2D eigenvalue weighted by molar-refractivity contribution is 0.169. The van der Waals surface area contributed by atoms with Gasteiger partial charge < -0.3 is 10.2 Å². The Morgan fingerprint density at radius 2 is 1.68 bits per heavy atom. The van der Waals surface area contributed by atoms with E-state index < -0.39 is 5.82 Å². The van der Waals surface area contributed by atoms with Crippen LogP contribution in [0, 0.1) is 5.82 Å². The first-order valence-electron chi connectivity index (χ1n) is 6.67. The lowest BCUT2D eigenvalue weighted by atomic mass is 9.98. The fourth-order valence-corrected chi connectivity index (χ4v) is 3.98. The zero-order valence-electron chi connectivity index (χ0n) is 10.8. The zero-order valence-corrected chi connectivity index (χ0v) is 12.3. The van der Waals surface area contributed by atoms with Crippen molar-refractivity contribution in [1.82, 2.24) is 4.90 Å². The highest BCUT2D eigenvalue weighted by molar-refractivity contribution is 6.39. The number of halogens is 3. The number of hydrogen-bond donors (Lipinski definition) is 1. The highest BCUT2D eigenvalue weighted by Crippen LogP contribution is 2.38. The molecule has 0 amide bonds. The standard InChI is InChI=1S/C14H17Cl2FN2/c1-19-10-2-3-11(19)7-9(6-10)18-14-12(15)4-8(17)5-13(14)16/h4-5,9-11,18H,2-3,6-7H2,1H3. The van der Waals surface area contributed by atoms with E-state index in [4.69, 9.17) is 23.2 Å². The van der Waals surface area contributed by atoms with Crippen molar-refractivity contribution < 1.29 is 4.39 Å². The van der Waals surface area contributed by atoms with Gasteiger partial charge in [-0.1, -0.05) is 23.2 Å². The van der Waals surface area contributed by atoms with Gasteiger partial charge in [0, 0.05) is 18.1 Å². The Morgan fingerprint density at radius 1 is 1.16 bits per heavy atom. The molecule has 1 aromatic carbocycles. The molecule has 19 heavy (non-hydrogen) atoms. The first-order chi connectivity index (χ1) is 9.04. The Balaban J connectivity index is 1.76. The Kier molecular flexibility index (Phi) is 3.63. The average Bonchev–Trinajstić information content (AvgIpc) is 2.58. The van der Waals surface area contributed by atoms with Crippen LogP contribution < -0.4 is 5.32 Å². The van der Waals surface area contributed by atoms with Gasteiger partial charge in [0.2, 0.25) is 0 Å². The minimum Gasteiger partial charge on any atom is -0.380 e. The van der Waals surface area contributed by atoms with Crippen LogP contribution in [0.4, 0.5) is 10.1 Å². The number of benzene rings is 1. The van der Waals surface area contributed by atoms with E-state index in [1.165, 1.54) is 25.0 Å². The van der Waals surface area contributed by atoms with Crippen molar-refractivity contribution in [2.75, 3.05) is 12.4 Å². The first-order valence-corrected chi connectivity index (χ1v) is 7.43. The molecule has 2 unspecified atom stereocenters. The summed E-state index contributed by atoms with van der Waals surface area (Å²) < 4.78 is 13.2. The topological polar surface area (TPSA) is 15.3 Å². The summed E-state index contributed by atoms with van der Waals surface area (Å²) >= 11 is 12.1. The smallest absolute Gasteiger partial charge is 0.126 e. The molecule has 2 saturated heterocycles. The van der Waals surface area contributed by atoms with E-state index in [1.807, 2.05) is 0 Å². The van der Waals surface area contributed by atoms with Gasteiger partial charge in [0.15, 0.2) is 0 Å². The van der Waals surface area contributed by atoms with Crippen LogP contribution in [0.3, 0.4) is 0 Å². The molecule has 2 fully saturated rings. The number of anilines is 1. The number of hydrogen-bond acceptors (Lipinski definition) is 2. The molecule has 0 radical (unpaired) electrons. The molecule has 1 aromatic rings. The van der Waals surface area contributed by atoms with E-state index in [1.54, 1.807) is 0 Å². The summed E-state index contributed by atoms with van der Waals surface area (Å²) in [7, 11) is 2.20. The Bertz CT molecular complexity index is 457. The third-order valence-electron chi connectivity index (χ3n) is 4.45. The summed E-state index contributed by atoms with van der Waals surface area (Å²) in [6, 6.07) is 4.27. The van der Waals surface area contributed by atoms with Crippen LogP contribution >= 0.6 is 23.2 Å². The molecule has 2 aliphatic rings. The zero-order chi connectivity index (χ0) is 13.6. The monoisotopic (exact) mass is 302 g/mol. The van der Waals surface area contributed by atoms with Crippen molar-refractivity contribution in [3.8, 4) is 0 Å². The fourth-order valence-electron chi connectivity index (χ4n) is 3.41. The number of fused-ring (bicyclic) bond motifs is 2. The molecule has 1 N–H and O–H groups in total. The predicted octanol–water partition coefficient (Wildman–Crippen LogP) is 4.17. The maximum Gasteiger partial charge on any atom is 0.126 e. The van der Waals surface area contributed by atoms with Crippen molar-refractivity contribution in [1.29, 1.82) is 0 Å². The SMILES string of the molecule is CN1C2CCC1CC(Nc1c(Cl)cc(F)cc1Cl)C2. The summed E-state index contributed by atoms with van der Waals surface area (Å²) in [5.41, 5.74) is 0.665. The molecular formula is C14H17Cl2FN2. The third-order valence-corrected chi connectivity index (χ3v) is 5.05. The lowest BCUT2D eigenvalue weighted by Crippen LogP contribution is -2.44. The van der Waals surface area contributed by atoms with Crippen molar-refractivity contribution in [3.05, 3.63) is 28.0 Å². The van der Waals surface area contributed by atoms with Crippen LogP contribution in [0.15, 0.2) is 12.1 Å². The summed E-state index contributed by atoms with van der Waals surface area (Å²) in [6.45, 7) is 0. The van der Waals surface area contributed by atoms with E-state index in [-0.39, 0.29) is 0 Å². The minimum absolute atomic E-state index is 0.358.